The fourth-order valence-corrected chi connectivity index (χ4v) is 4.61. The van der Waals surface area contributed by atoms with Crippen molar-refractivity contribution in [1.29, 1.82) is 0 Å². The Bertz CT molecular complexity index is 996. The normalized spacial score (nSPS) is 16.8. The van der Waals surface area contributed by atoms with Crippen molar-refractivity contribution in [3.05, 3.63) is 59.1 Å². The van der Waals surface area contributed by atoms with E-state index < -0.39 is 6.10 Å². The smallest absolute Gasteiger partial charge is 0.306 e. The highest BCUT2D eigenvalue weighted by molar-refractivity contribution is 7.18. The summed E-state index contributed by atoms with van der Waals surface area (Å²) in [6.45, 7) is 3.66. The quantitative estimate of drug-likeness (QED) is 0.610. The lowest BCUT2D eigenvalue weighted by molar-refractivity contribution is -0.154. The highest BCUT2D eigenvalue weighted by atomic mass is 32.1. The Hall–Kier alpha value is -2.73. The molecule has 2 aromatic carbocycles. The molecule has 4 rings (SSSR count). The van der Waals surface area contributed by atoms with Gasteiger partial charge in [-0.1, -0.05) is 30.3 Å². The molecular formula is C22H22N2O3S. The molecule has 0 saturated carbocycles. The lowest BCUT2D eigenvalue weighted by Crippen LogP contribution is -2.43. The summed E-state index contributed by atoms with van der Waals surface area (Å²) < 4.78 is 6.54. The minimum Gasteiger partial charge on any atom is -0.453 e. The molecule has 5 nitrogen and oxygen atoms in total. The largest absolute Gasteiger partial charge is 0.453 e. The van der Waals surface area contributed by atoms with Crippen molar-refractivity contribution in [2.45, 2.75) is 45.3 Å². The summed E-state index contributed by atoms with van der Waals surface area (Å²) in [5, 5.41) is 0.902. The topological polar surface area (TPSA) is 59.5 Å². The second kappa shape index (κ2) is 7.72. The van der Waals surface area contributed by atoms with E-state index in [4.69, 9.17) is 4.74 Å². The third kappa shape index (κ3) is 3.64. The summed E-state index contributed by atoms with van der Waals surface area (Å²) in [5.74, 6) is -0.550. The Labute approximate surface area is 168 Å². The van der Waals surface area contributed by atoms with Crippen LogP contribution in [0.4, 0.5) is 5.69 Å². The van der Waals surface area contributed by atoms with Crippen LogP contribution in [-0.2, 0) is 27.2 Å². The summed E-state index contributed by atoms with van der Waals surface area (Å²) in [5.41, 5.74) is 3.01. The number of carbonyl (C=O) groups is 2. The third-order valence-corrected chi connectivity index (χ3v) is 6.08. The molecule has 1 aliphatic heterocycles. The summed E-state index contributed by atoms with van der Waals surface area (Å²) >= 11 is 1.58. The van der Waals surface area contributed by atoms with Gasteiger partial charge >= 0.3 is 5.97 Å². The van der Waals surface area contributed by atoms with Gasteiger partial charge in [-0.05, 0) is 44.0 Å². The molecule has 1 amide bonds. The molecule has 2 atom stereocenters. The number of thiazole rings is 1. The molecule has 0 saturated heterocycles. The minimum absolute atomic E-state index is 0.0637. The Balaban J connectivity index is 1.36. The first-order valence-electron chi connectivity index (χ1n) is 9.48. The first-order valence-corrected chi connectivity index (χ1v) is 10.3. The van der Waals surface area contributed by atoms with E-state index in [1.807, 2.05) is 55.5 Å². The highest BCUT2D eigenvalue weighted by Crippen LogP contribution is 2.32. The van der Waals surface area contributed by atoms with Crippen LogP contribution >= 0.6 is 11.3 Å². The summed E-state index contributed by atoms with van der Waals surface area (Å²) in [4.78, 5) is 31.4. The molecule has 0 bridgehead atoms. The Kier molecular flexibility index (Phi) is 5.13. The Morgan fingerprint density at radius 3 is 2.79 bits per heavy atom. The van der Waals surface area contributed by atoms with Gasteiger partial charge in [-0.15, -0.1) is 11.3 Å². The number of carbonyl (C=O) groups excluding carboxylic acids is 2. The number of amides is 1. The SMILES string of the molecule is C[C@H](OC(=O)CCc1nc2ccccc2s1)C(=O)N1c2ccccc2C[C@H]1C. The number of benzene rings is 2. The Morgan fingerprint density at radius 1 is 1.21 bits per heavy atom. The van der Waals surface area contributed by atoms with Gasteiger partial charge in [-0.2, -0.15) is 0 Å². The van der Waals surface area contributed by atoms with Crippen LogP contribution in [0.15, 0.2) is 48.5 Å². The van der Waals surface area contributed by atoms with Crippen molar-refractivity contribution in [2.75, 3.05) is 4.90 Å². The van der Waals surface area contributed by atoms with Gasteiger partial charge in [0.05, 0.1) is 21.6 Å². The molecule has 0 unspecified atom stereocenters. The van der Waals surface area contributed by atoms with E-state index >= 15 is 0 Å². The van der Waals surface area contributed by atoms with Crippen LogP contribution in [0.5, 0.6) is 0 Å². The average molecular weight is 394 g/mol. The number of aryl methyl sites for hydroxylation is 1. The van der Waals surface area contributed by atoms with E-state index in [9.17, 15) is 9.59 Å². The average Bonchev–Trinajstić information content (AvgIpc) is 3.25. The molecular weight excluding hydrogens is 372 g/mol. The molecule has 144 valence electrons. The molecule has 1 aromatic heterocycles. The molecule has 2 heterocycles. The molecule has 0 N–H and O–H groups in total. The van der Waals surface area contributed by atoms with Crippen molar-refractivity contribution >= 4 is 39.1 Å². The number of nitrogens with zero attached hydrogens (tertiary/aromatic N) is 2. The summed E-state index contributed by atoms with van der Waals surface area (Å²) in [6.07, 6.45) is 0.739. The number of hydrogen-bond donors (Lipinski definition) is 0. The number of aromatic nitrogens is 1. The molecule has 0 aliphatic carbocycles. The van der Waals surface area contributed by atoms with Crippen molar-refractivity contribution in [1.82, 2.24) is 4.98 Å². The Morgan fingerprint density at radius 2 is 1.96 bits per heavy atom. The van der Waals surface area contributed by atoms with E-state index in [0.29, 0.717) is 6.42 Å². The van der Waals surface area contributed by atoms with Crippen molar-refractivity contribution in [2.24, 2.45) is 0 Å². The van der Waals surface area contributed by atoms with Crippen LogP contribution in [0.25, 0.3) is 10.2 Å². The molecule has 28 heavy (non-hydrogen) atoms. The van der Waals surface area contributed by atoms with Crippen LogP contribution < -0.4 is 4.90 Å². The van der Waals surface area contributed by atoms with Crippen molar-refractivity contribution in [3.8, 4) is 0 Å². The van der Waals surface area contributed by atoms with Crippen LogP contribution in [0.2, 0.25) is 0 Å². The molecule has 0 fully saturated rings. The maximum atomic E-state index is 12.9. The lowest BCUT2D eigenvalue weighted by Gasteiger charge is -2.25. The second-order valence-electron chi connectivity index (χ2n) is 7.10. The first kappa shape index (κ1) is 18.6. The van der Waals surface area contributed by atoms with Crippen LogP contribution in [0.3, 0.4) is 0 Å². The number of para-hydroxylation sites is 2. The van der Waals surface area contributed by atoms with Crippen LogP contribution in [0.1, 0.15) is 30.8 Å². The van der Waals surface area contributed by atoms with Gasteiger partial charge in [-0.3, -0.25) is 9.59 Å². The van der Waals surface area contributed by atoms with Crippen LogP contribution in [-0.4, -0.2) is 29.0 Å². The number of rotatable bonds is 5. The standard InChI is InChI=1S/C22H22N2O3S/c1-14-13-16-7-3-5-9-18(16)24(14)22(26)15(2)27-21(25)12-11-20-23-17-8-4-6-10-19(17)28-20/h3-10,14-15H,11-13H2,1-2H3/t14-,15+/m1/s1. The third-order valence-electron chi connectivity index (χ3n) is 4.98. The van der Waals surface area contributed by atoms with Gasteiger partial charge in [0.25, 0.3) is 5.91 Å². The number of ether oxygens (including phenoxy) is 1. The zero-order chi connectivity index (χ0) is 19.7. The maximum Gasteiger partial charge on any atom is 0.306 e. The van der Waals surface area contributed by atoms with Crippen molar-refractivity contribution in [3.63, 3.8) is 0 Å². The highest BCUT2D eigenvalue weighted by Gasteiger charge is 2.34. The van der Waals surface area contributed by atoms with Gasteiger partial charge in [0, 0.05) is 18.2 Å². The fraction of sp³-hybridized carbons (Fsp3) is 0.318. The second-order valence-corrected chi connectivity index (χ2v) is 8.21. The molecule has 0 spiro atoms. The first-order chi connectivity index (χ1) is 13.5. The van der Waals surface area contributed by atoms with Crippen molar-refractivity contribution < 1.29 is 14.3 Å². The van der Waals surface area contributed by atoms with E-state index in [1.54, 1.807) is 23.2 Å². The van der Waals surface area contributed by atoms with Gasteiger partial charge in [0.1, 0.15) is 0 Å². The number of fused-ring (bicyclic) bond motifs is 2. The molecule has 1 aliphatic rings. The van der Waals surface area contributed by atoms with Gasteiger partial charge in [0.15, 0.2) is 6.10 Å². The predicted octanol–water partition coefficient (Wildman–Crippen LogP) is 4.14. The maximum absolute atomic E-state index is 12.9. The van der Waals surface area contributed by atoms with Gasteiger partial charge in [-0.25, -0.2) is 4.98 Å². The minimum atomic E-state index is -0.809. The van der Waals surface area contributed by atoms with Gasteiger partial charge < -0.3 is 9.64 Å². The summed E-state index contributed by atoms with van der Waals surface area (Å²) in [6, 6.07) is 15.8. The number of hydrogen-bond acceptors (Lipinski definition) is 5. The van der Waals surface area contributed by atoms with E-state index in [0.717, 1.165) is 32.9 Å². The zero-order valence-electron chi connectivity index (χ0n) is 15.9. The molecule has 0 radical (unpaired) electrons. The lowest BCUT2D eigenvalue weighted by atomic mass is 10.1. The predicted molar refractivity (Wildman–Crippen MR) is 111 cm³/mol. The molecule has 3 aromatic rings. The van der Waals surface area contributed by atoms with Gasteiger partial charge in [0.2, 0.25) is 0 Å². The fourth-order valence-electron chi connectivity index (χ4n) is 3.64. The number of anilines is 1. The zero-order valence-corrected chi connectivity index (χ0v) is 16.7. The molecule has 6 heteroatoms. The number of esters is 1. The summed E-state index contributed by atoms with van der Waals surface area (Å²) in [7, 11) is 0. The van der Waals surface area contributed by atoms with E-state index in [1.165, 1.54) is 0 Å². The monoisotopic (exact) mass is 394 g/mol. The van der Waals surface area contributed by atoms with E-state index in [-0.39, 0.29) is 24.3 Å². The van der Waals surface area contributed by atoms with Crippen LogP contribution in [0, 0.1) is 0 Å². The van der Waals surface area contributed by atoms with E-state index in [2.05, 4.69) is 4.98 Å².